The lowest BCUT2D eigenvalue weighted by Gasteiger charge is -2.45. The second-order valence-corrected chi connectivity index (χ2v) is 6.90. The summed E-state index contributed by atoms with van der Waals surface area (Å²) in [7, 11) is 0. The number of pyridine rings is 1. The molecule has 1 aromatic heterocycles. The highest BCUT2D eigenvalue weighted by Crippen LogP contribution is 2.19. The van der Waals surface area contributed by atoms with E-state index in [9.17, 15) is 9.59 Å². The molecule has 2 aliphatic rings. The summed E-state index contributed by atoms with van der Waals surface area (Å²) >= 11 is 0. The maximum atomic E-state index is 12.7. The Labute approximate surface area is 148 Å². The van der Waals surface area contributed by atoms with Gasteiger partial charge in [0.15, 0.2) is 0 Å². The molecule has 0 spiro atoms. The number of piperazine rings is 2. The topological polar surface area (TPSA) is 91.6 Å². The van der Waals surface area contributed by atoms with Crippen LogP contribution in [0.3, 0.4) is 0 Å². The van der Waals surface area contributed by atoms with Crippen LogP contribution in [0, 0.1) is 6.92 Å². The number of rotatable bonds is 6. The van der Waals surface area contributed by atoms with E-state index in [1.165, 1.54) is 0 Å². The van der Waals surface area contributed by atoms with Crippen molar-refractivity contribution in [3.63, 3.8) is 0 Å². The van der Waals surface area contributed by atoms with Gasteiger partial charge in [-0.05, 0) is 44.9 Å². The minimum absolute atomic E-state index is 0.0424. The zero-order valence-electron chi connectivity index (χ0n) is 14.8. The lowest BCUT2D eigenvalue weighted by Crippen LogP contribution is -2.69. The Kier molecular flexibility index (Phi) is 5.65. The van der Waals surface area contributed by atoms with Crippen molar-refractivity contribution >= 4 is 11.8 Å². The average molecular weight is 345 g/mol. The number of fused-ring (bicyclic) bond motifs is 1. The van der Waals surface area contributed by atoms with Gasteiger partial charge in [0, 0.05) is 31.9 Å². The smallest absolute Gasteiger partial charge is 0.245 e. The normalized spacial score (nSPS) is 24.2. The number of nitrogens with zero attached hydrogens (tertiary/aromatic N) is 3. The summed E-state index contributed by atoms with van der Waals surface area (Å²) in [6.07, 6.45) is 2.40. The summed E-state index contributed by atoms with van der Waals surface area (Å²) in [6.45, 7) is 5.20. The molecule has 7 nitrogen and oxygen atoms in total. The van der Waals surface area contributed by atoms with Crippen molar-refractivity contribution in [2.24, 2.45) is 5.73 Å². The lowest BCUT2D eigenvalue weighted by molar-refractivity contribution is -0.153. The quantitative estimate of drug-likeness (QED) is 0.710. The standard InChI is InChI=1S/C18H27N5O2/c1-13-5-4-6-14(20-13)11-22-9-10-23-16(12-22)17(24)21-15(18(23)25)7-2-3-8-19/h4-6,15-16H,2-3,7-12,19H2,1H3,(H,21,24)/t15-,16+/m0/s1. The van der Waals surface area contributed by atoms with Crippen LogP contribution < -0.4 is 11.1 Å². The average Bonchev–Trinajstić information content (AvgIpc) is 2.59. The molecule has 1 aromatic rings. The van der Waals surface area contributed by atoms with Gasteiger partial charge >= 0.3 is 0 Å². The van der Waals surface area contributed by atoms with Gasteiger partial charge in [-0.2, -0.15) is 0 Å². The Morgan fingerprint density at radius 3 is 2.88 bits per heavy atom. The monoisotopic (exact) mass is 345 g/mol. The summed E-state index contributed by atoms with van der Waals surface area (Å²) < 4.78 is 0. The van der Waals surface area contributed by atoms with Crippen molar-refractivity contribution in [2.75, 3.05) is 26.2 Å². The van der Waals surface area contributed by atoms with E-state index < -0.39 is 6.04 Å². The van der Waals surface area contributed by atoms with Crippen LogP contribution in [0.5, 0.6) is 0 Å². The predicted molar refractivity (Wildman–Crippen MR) is 94.6 cm³/mol. The molecule has 7 heteroatoms. The molecule has 136 valence electrons. The van der Waals surface area contributed by atoms with Gasteiger partial charge in [0.2, 0.25) is 11.8 Å². The Hall–Kier alpha value is -1.99. The number of unbranched alkanes of at least 4 members (excludes halogenated alkanes) is 1. The first-order valence-electron chi connectivity index (χ1n) is 9.04. The number of hydrogen-bond donors (Lipinski definition) is 2. The Balaban J connectivity index is 1.60. The molecule has 2 fully saturated rings. The third-order valence-corrected chi connectivity index (χ3v) is 4.94. The Morgan fingerprint density at radius 1 is 1.28 bits per heavy atom. The largest absolute Gasteiger partial charge is 0.342 e. The molecule has 2 saturated heterocycles. The number of carbonyl (C=O) groups is 2. The van der Waals surface area contributed by atoms with Crippen molar-refractivity contribution < 1.29 is 9.59 Å². The highest BCUT2D eigenvalue weighted by atomic mass is 16.2. The molecule has 0 aliphatic carbocycles. The van der Waals surface area contributed by atoms with Crippen LogP contribution in [0.25, 0.3) is 0 Å². The van der Waals surface area contributed by atoms with E-state index in [-0.39, 0.29) is 17.9 Å². The van der Waals surface area contributed by atoms with E-state index in [2.05, 4.69) is 15.2 Å². The minimum atomic E-state index is -0.392. The molecule has 0 bridgehead atoms. The van der Waals surface area contributed by atoms with E-state index in [1.54, 1.807) is 4.90 Å². The van der Waals surface area contributed by atoms with Gasteiger partial charge in [0.25, 0.3) is 0 Å². The molecule has 2 atom stereocenters. The molecular formula is C18H27N5O2. The fourth-order valence-electron chi connectivity index (χ4n) is 3.61. The summed E-state index contributed by atoms with van der Waals surface area (Å²) in [5.41, 5.74) is 7.49. The van der Waals surface area contributed by atoms with Gasteiger partial charge < -0.3 is 16.0 Å². The molecule has 2 amide bonds. The van der Waals surface area contributed by atoms with Crippen molar-refractivity contribution in [1.29, 1.82) is 0 Å². The van der Waals surface area contributed by atoms with E-state index >= 15 is 0 Å². The number of aromatic nitrogens is 1. The Morgan fingerprint density at radius 2 is 2.12 bits per heavy atom. The van der Waals surface area contributed by atoms with Crippen LogP contribution in [0.4, 0.5) is 0 Å². The lowest BCUT2D eigenvalue weighted by atomic mass is 10.00. The summed E-state index contributed by atoms with van der Waals surface area (Å²) in [6, 6.07) is 5.19. The highest BCUT2D eigenvalue weighted by Gasteiger charge is 2.42. The van der Waals surface area contributed by atoms with Gasteiger partial charge in [-0.1, -0.05) is 6.07 Å². The van der Waals surface area contributed by atoms with E-state index in [0.29, 0.717) is 32.6 Å². The number of nitrogens with one attached hydrogen (secondary N) is 1. The molecular weight excluding hydrogens is 318 g/mol. The number of amides is 2. The molecule has 0 saturated carbocycles. The molecule has 2 aliphatic heterocycles. The molecule has 0 aromatic carbocycles. The van der Waals surface area contributed by atoms with E-state index in [1.807, 2.05) is 25.1 Å². The van der Waals surface area contributed by atoms with E-state index in [0.717, 1.165) is 30.8 Å². The van der Waals surface area contributed by atoms with Gasteiger partial charge in [-0.3, -0.25) is 19.5 Å². The van der Waals surface area contributed by atoms with Gasteiger partial charge in [-0.25, -0.2) is 0 Å². The molecule has 3 rings (SSSR count). The van der Waals surface area contributed by atoms with Crippen LogP contribution in [-0.4, -0.2) is 64.9 Å². The zero-order chi connectivity index (χ0) is 17.8. The summed E-state index contributed by atoms with van der Waals surface area (Å²) in [5.74, 6) is 0.00852. The van der Waals surface area contributed by atoms with Crippen LogP contribution in [0.2, 0.25) is 0 Å². The van der Waals surface area contributed by atoms with Gasteiger partial charge in [0.05, 0.1) is 5.69 Å². The van der Waals surface area contributed by atoms with Crippen molar-refractivity contribution in [3.8, 4) is 0 Å². The SMILES string of the molecule is Cc1cccc(CN2CCN3C(=O)[C@H](CCCCN)NC(=O)[C@H]3C2)n1. The maximum Gasteiger partial charge on any atom is 0.245 e. The highest BCUT2D eigenvalue weighted by molar-refractivity contribution is 5.97. The fourth-order valence-corrected chi connectivity index (χ4v) is 3.61. The maximum absolute atomic E-state index is 12.7. The second-order valence-electron chi connectivity index (χ2n) is 6.90. The van der Waals surface area contributed by atoms with Crippen LogP contribution in [-0.2, 0) is 16.1 Å². The van der Waals surface area contributed by atoms with Crippen LogP contribution in [0.1, 0.15) is 30.7 Å². The summed E-state index contributed by atoms with van der Waals surface area (Å²) in [5, 5.41) is 2.90. The first-order chi connectivity index (χ1) is 12.1. The number of nitrogens with two attached hydrogens (primary N) is 1. The second kappa shape index (κ2) is 7.93. The third-order valence-electron chi connectivity index (χ3n) is 4.94. The third kappa shape index (κ3) is 4.16. The summed E-state index contributed by atoms with van der Waals surface area (Å²) in [4.78, 5) is 33.6. The first-order valence-corrected chi connectivity index (χ1v) is 9.04. The predicted octanol–water partition coefficient (Wildman–Crippen LogP) is 0.0302. The number of aryl methyl sites for hydroxylation is 1. The molecule has 3 N–H and O–H groups in total. The number of carbonyl (C=O) groups excluding carboxylic acids is 2. The minimum Gasteiger partial charge on any atom is -0.342 e. The molecule has 3 heterocycles. The van der Waals surface area contributed by atoms with Crippen molar-refractivity contribution in [2.45, 2.75) is 44.8 Å². The zero-order valence-corrected chi connectivity index (χ0v) is 14.8. The van der Waals surface area contributed by atoms with Crippen molar-refractivity contribution in [3.05, 3.63) is 29.6 Å². The van der Waals surface area contributed by atoms with Crippen LogP contribution in [0.15, 0.2) is 18.2 Å². The van der Waals surface area contributed by atoms with E-state index in [4.69, 9.17) is 5.73 Å². The first kappa shape index (κ1) is 17.8. The van der Waals surface area contributed by atoms with Crippen molar-refractivity contribution in [1.82, 2.24) is 20.1 Å². The van der Waals surface area contributed by atoms with Gasteiger partial charge in [0.1, 0.15) is 12.1 Å². The van der Waals surface area contributed by atoms with Gasteiger partial charge in [-0.15, -0.1) is 0 Å². The molecule has 0 unspecified atom stereocenters. The van der Waals surface area contributed by atoms with Crippen LogP contribution >= 0.6 is 0 Å². The fraction of sp³-hybridized carbons (Fsp3) is 0.611. The Bertz CT molecular complexity index is 636. The molecule has 25 heavy (non-hydrogen) atoms. The molecule has 0 radical (unpaired) electrons. The number of hydrogen-bond acceptors (Lipinski definition) is 5.